The van der Waals surface area contributed by atoms with Gasteiger partial charge in [0.05, 0.1) is 22.1 Å². The molecule has 6 heteroatoms. The quantitative estimate of drug-likeness (QED) is 0.690. The van der Waals surface area contributed by atoms with Crippen LogP contribution in [0.25, 0.3) is 10.9 Å². The van der Waals surface area contributed by atoms with Crippen LogP contribution in [0, 0.1) is 10.1 Å². The van der Waals surface area contributed by atoms with Crippen LogP contribution in [0.3, 0.4) is 0 Å². The molecule has 2 unspecified atom stereocenters. The van der Waals surface area contributed by atoms with Crippen LogP contribution >= 0.6 is 0 Å². The predicted octanol–water partition coefficient (Wildman–Crippen LogP) is 3.12. The van der Waals surface area contributed by atoms with Gasteiger partial charge < -0.3 is 10.1 Å². The number of nitrogens with zero attached hydrogens (tertiary/aromatic N) is 2. The lowest BCUT2D eigenvalue weighted by Gasteiger charge is -2.21. The molecule has 0 aliphatic carbocycles. The Labute approximate surface area is 122 Å². The molecule has 2 heterocycles. The van der Waals surface area contributed by atoms with Gasteiger partial charge in [-0.1, -0.05) is 0 Å². The van der Waals surface area contributed by atoms with Crippen LogP contribution in [-0.2, 0) is 4.74 Å². The molecule has 0 radical (unpaired) electrons. The van der Waals surface area contributed by atoms with Gasteiger partial charge in [-0.15, -0.1) is 0 Å². The molecule has 1 fully saturated rings. The largest absolute Gasteiger partial charge is 0.378 e. The van der Waals surface area contributed by atoms with E-state index in [0.717, 1.165) is 25.1 Å². The second-order valence-corrected chi connectivity index (χ2v) is 5.27. The van der Waals surface area contributed by atoms with E-state index in [1.807, 2.05) is 0 Å². The summed E-state index contributed by atoms with van der Waals surface area (Å²) in [6, 6.07) is 6.82. The van der Waals surface area contributed by atoms with Gasteiger partial charge in [0, 0.05) is 24.9 Å². The van der Waals surface area contributed by atoms with Crippen molar-refractivity contribution in [1.29, 1.82) is 0 Å². The molecule has 2 atom stereocenters. The molecule has 0 saturated carbocycles. The van der Waals surface area contributed by atoms with E-state index in [1.165, 1.54) is 6.07 Å². The monoisotopic (exact) mass is 287 g/mol. The van der Waals surface area contributed by atoms with Crippen LogP contribution in [0.5, 0.6) is 0 Å². The van der Waals surface area contributed by atoms with E-state index >= 15 is 0 Å². The van der Waals surface area contributed by atoms with Crippen molar-refractivity contribution in [3.63, 3.8) is 0 Å². The number of aromatic nitrogens is 1. The standard InChI is InChI=1S/C15H17N3O3/c1-10(14-5-3-9-21-14)17-12-6-7-13(18(19)20)11-4-2-8-16-15(11)12/h2,4,6-8,10,14,17H,3,5,9H2,1H3. The number of hydrogen-bond acceptors (Lipinski definition) is 5. The summed E-state index contributed by atoms with van der Waals surface area (Å²) < 4.78 is 5.67. The first-order chi connectivity index (χ1) is 10.2. The van der Waals surface area contributed by atoms with Crippen LogP contribution < -0.4 is 5.32 Å². The molecule has 0 amide bonds. The molecule has 21 heavy (non-hydrogen) atoms. The maximum atomic E-state index is 11.1. The normalized spacial score (nSPS) is 19.6. The third kappa shape index (κ3) is 2.67. The highest BCUT2D eigenvalue weighted by molar-refractivity contribution is 5.96. The van der Waals surface area contributed by atoms with Crippen molar-refractivity contribution in [2.24, 2.45) is 0 Å². The van der Waals surface area contributed by atoms with Crippen molar-refractivity contribution in [2.45, 2.75) is 31.9 Å². The number of non-ortho nitro benzene ring substituents is 1. The Morgan fingerprint density at radius 3 is 3.05 bits per heavy atom. The minimum atomic E-state index is -0.378. The number of ether oxygens (including phenoxy) is 1. The SMILES string of the molecule is CC(Nc1ccc([N+](=O)[O-])c2cccnc12)C1CCCO1. The summed E-state index contributed by atoms with van der Waals surface area (Å²) in [5, 5.41) is 15.0. The van der Waals surface area contributed by atoms with Crippen LogP contribution in [-0.4, -0.2) is 28.7 Å². The fourth-order valence-corrected chi connectivity index (χ4v) is 2.77. The van der Waals surface area contributed by atoms with Crippen molar-refractivity contribution < 1.29 is 9.66 Å². The molecular weight excluding hydrogens is 270 g/mol. The highest BCUT2D eigenvalue weighted by Gasteiger charge is 2.23. The van der Waals surface area contributed by atoms with E-state index in [4.69, 9.17) is 4.74 Å². The maximum Gasteiger partial charge on any atom is 0.278 e. The third-order valence-corrected chi connectivity index (χ3v) is 3.85. The molecule has 1 aliphatic heterocycles. The Hall–Kier alpha value is -2.21. The van der Waals surface area contributed by atoms with E-state index in [0.29, 0.717) is 10.9 Å². The average Bonchev–Trinajstić information content (AvgIpc) is 3.01. The molecular formula is C15H17N3O3. The molecule has 6 nitrogen and oxygen atoms in total. The number of rotatable bonds is 4. The Morgan fingerprint density at radius 1 is 1.48 bits per heavy atom. The first-order valence-electron chi connectivity index (χ1n) is 7.07. The van der Waals surface area contributed by atoms with Gasteiger partial charge in [-0.05, 0) is 38.0 Å². The van der Waals surface area contributed by atoms with Gasteiger partial charge in [-0.2, -0.15) is 0 Å². The molecule has 3 rings (SSSR count). The van der Waals surface area contributed by atoms with Gasteiger partial charge in [-0.25, -0.2) is 0 Å². The molecule has 1 aliphatic rings. The summed E-state index contributed by atoms with van der Waals surface area (Å²) in [5.41, 5.74) is 1.50. The van der Waals surface area contributed by atoms with Crippen LogP contribution in [0.2, 0.25) is 0 Å². The number of nitro benzene ring substituents is 1. The van der Waals surface area contributed by atoms with E-state index in [9.17, 15) is 10.1 Å². The number of fused-ring (bicyclic) bond motifs is 1. The maximum absolute atomic E-state index is 11.1. The summed E-state index contributed by atoms with van der Waals surface area (Å²) >= 11 is 0. The van der Waals surface area contributed by atoms with Crippen molar-refractivity contribution in [1.82, 2.24) is 4.98 Å². The van der Waals surface area contributed by atoms with Crippen molar-refractivity contribution in [3.8, 4) is 0 Å². The summed E-state index contributed by atoms with van der Waals surface area (Å²) in [6.07, 6.45) is 3.94. The number of benzene rings is 1. The molecule has 0 spiro atoms. The van der Waals surface area contributed by atoms with E-state index in [1.54, 1.807) is 24.4 Å². The average molecular weight is 287 g/mol. The molecule has 110 valence electrons. The first kappa shape index (κ1) is 13.8. The van der Waals surface area contributed by atoms with Crippen molar-refractivity contribution in [3.05, 3.63) is 40.6 Å². The van der Waals surface area contributed by atoms with Crippen LogP contribution in [0.1, 0.15) is 19.8 Å². The lowest BCUT2D eigenvalue weighted by atomic mass is 10.1. The van der Waals surface area contributed by atoms with E-state index < -0.39 is 0 Å². The van der Waals surface area contributed by atoms with Gasteiger partial charge in [0.2, 0.25) is 0 Å². The Morgan fingerprint density at radius 2 is 2.33 bits per heavy atom. The second-order valence-electron chi connectivity index (χ2n) is 5.27. The summed E-state index contributed by atoms with van der Waals surface area (Å²) in [6.45, 7) is 2.86. The third-order valence-electron chi connectivity index (χ3n) is 3.85. The van der Waals surface area contributed by atoms with Gasteiger partial charge in [0.25, 0.3) is 5.69 Å². The number of pyridine rings is 1. The second kappa shape index (κ2) is 5.65. The van der Waals surface area contributed by atoms with Gasteiger partial charge in [0.15, 0.2) is 0 Å². The zero-order chi connectivity index (χ0) is 14.8. The lowest BCUT2D eigenvalue weighted by Crippen LogP contribution is -2.30. The van der Waals surface area contributed by atoms with E-state index in [-0.39, 0.29) is 22.8 Å². The minimum absolute atomic E-state index is 0.0772. The van der Waals surface area contributed by atoms with Crippen molar-refractivity contribution in [2.75, 3.05) is 11.9 Å². The Bertz CT molecular complexity index is 668. The van der Waals surface area contributed by atoms with Gasteiger partial charge in [-0.3, -0.25) is 15.1 Å². The molecule has 1 saturated heterocycles. The molecule has 1 aromatic heterocycles. The highest BCUT2D eigenvalue weighted by atomic mass is 16.6. The minimum Gasteiger partial charge on any atom is -0.378 e. The molecule has 0 bridgehead atoms. The summed E-state index contributed by atoms with van der Waals surface area (Å²) in [5.74, 6) is 0. The van der Waals surface area contributed by atoms with Gasteiger partial charge in [0.1, 0.15) is 5.52 Å². The number of hydrogen-bond donors (Lipinski definition) is 1. The van der Waals surface area contributed by atoms with E-state index in [2.05, 4.69) is 17.2 Å². The molecule has 1 aromatic carbocycles. The highest BCUT2D eigenvalue weighted by Crippen LogP contribution is 2.30. The Balaban J connectivity index is 1.95. The fourth-order valence-electron chi connectivity index (χ4n) is 2.77. The molecule has 2 aromatic rings. The Kier molecular flexibility index (Phi) is 3.70. The first-order valence-corrected chi connectivity index (χ1v) is 7.07. The predicted molar refractivity (Wildman–Crippen MR) is 80.5 cm³/mol. The van der Waals surface area contributed by atoms with Gasteiger partial charge >= 0.3 is 0 Å². The van der Waals surface area contributed by atoms with Crippen molar-refractivity contribution >= 4 is 22.3 Å². The zero-order valence-electron chi connectivity index (χ0n) is 11.8. The summed E-state index contributed by atoms with van der Waals surface area (Å²) in [4.78, 5) is 15.0. The number of nitrogens with one attached hydrogen (secondary N) is 1. The lowest BCUT2D eigenvalue weighted by molar-refractivity contribution is -0.383. The number of nitro groups is 1. The fraction of sp³-hybridized carbons (Fsp3) is 0.400. The van der Waals surface area contributed by atoms with Crippen LogP contribution in [0.15, 0.2) is 30.5 Å². The topological polar surface area (TPSA) is 77.3 Å². The summed E-state index contributed by atoms with van der Waals surface area (Å²) in [7, 11) is 0. The molecule has 1 N–H and O–H groups in total. The van der Waals surface area contributed by atoms with Crippen LogP contribution in [0.4, 0.5) is 11.4 Å². The number of anilines is 1. The smallest absolute Gasteiger partial charge is 0.278 e. The zero-order valence-corrected chi connectivity index (χ0v) is 11.8.